The van der Waals surface area contributed by atoms with Crippen molar-refractivity contribution in [3.8, 4) is 0 Å². The summed E-state index contributed by atoms with van der Waals surface area (Å²) in [7, 11) is 0. The quantitative estimate of drug-likeness (QED) is 0.454. The monoisotopic (exact) mass is 371 g/mol. The lowest BCUT2D eigenvalue weighted by atomic mass is 10.3. The van der Waals surface area contributed by atoms with Crippen molar-refractivity contribution in [1.82, 2.24) is 5.32 Å². The SMILES string of the molecule is C[C@@H]1C[C@H]1C(=O)OCC(=O)NCCSc1ccc(Br)cc1. The number of benzene rings is 1. The van der Waals surface area contributed by atoms with Crippen molar-refractivity contribution in [1.29, 1.82) is 0 Å². The zero-order valence-electron chi connectivity index (χ0n) is 11.8. The molecule has 1 saturated carbocycles. The molecule has 0 aromatic heterocycles. The Labute approximate surface area is 137 Å². The number of halogens is 1. The lowest BCUT2D eigenvalue weighted by Gasteiger charge is -2.06. The van der Waals surface area contributed by atoms with Crippen LogP contribution in [0.4, 0.5) is 0 Å². The number of ether oxygens (including phenoxy) is 1. The highest BCUT2D eigenvalue weighted by Gasteiger charge is 2.40. The normalized spacial score (nSPS) is 19.9. The molecule has 1 aliphatic rings. The Hall–Kier alpha value is -1.01. The molecule has 1 amide bonds. The van der Waals surface area contributed by atoms with Gasteiger partial charge >= 0.3 is 5.97 Å². The van der Waals surface area contributed by atoms with E-state index in [2.05, 4.69) is 21.2 Å². The van der Waals surface area contributed by atoms with Crippen molar-refractivity contribution in [3.63, 3.8) is 0 Å². The first-order valence-electron chi connectivity index (χ1n) is 6.88. The average Bonchev–Trinajstić information content (AvgIpc) is 3.20. The third kappa shape index (κ3) is 5.71. The van der Waals surface area contributed by atoms with Crippen molar-refractivity contribution in [2.45, 2.75) is 18.2 Å². The number of esters is 1. The summed E-state index contributed by atoms with van der Waals surface area (Å²) in [5.74, 6) is 0.699. The number of nitrogens with one attached hydrogen (secondary N) is 1. The lowest BCUT2D eigenvalue weighted by molar-refractivity contribution is -0.150. The zero-order valence-corrected chi connectivity index (χ0v) is 14.2. The summed E-state index contributed by atoms with van der Waals surface area (Å²) >= 11 is 5.05. The minimum atomic E-state index is -0.248. The van der Waals surface area contributed by atoms with E-state index < -0.39 is 0 Å². The van der Waals surface area contributed by atoms with Gasteiger partial charge in [-0.2, -0.15) is 0 Å². The molecule has 0 spiro atoms. The molecule has 21 heavy (non-hydrogen) atoms. The zero-order chi connectivity index (χ0) is 15.2. The number of amides is 1. The summed E-state index contributed by atoms with van der Waals surface area (Å²) in [6.07, 6.45) is 0.879. The van der Waals surface area contributed by atoms with Gasteiger partial charge in [0.2, 0.25) is 0 Å². The highest BCUT2D eigenvalue weighted by molar-refractivity contribution is 9.10. The molecule has 1 aromatic rings. The second kappa shape index (κ2) is 7.84. The summed E-state index contributed by atoms with van der Waals surface area (Å²) in [4.78, 5) is 24.1. The van der Waals surface area contributed by atoms with Crippen LogP contribution >= 0.6 is 27.7 Å². The van der Waals surface area contributed by atoms with Crippen LogP contribution in [0.5, 0.6) is 0 Å². The average molecular weight is 372 g/mol. The van der Waals surface area contributed by atoms with Crippen LogP contribution < -0.4 is 5.32 Å². The van der Waals surface area contributed by atoms with Crippen LogP contribution in [0, 0.1) is 11.8 Å². The van der Waals surface area contributed by atoms with Gasteiger partial charge in [-0.1, -0.05) is 22.9 Å². The van der Waals surface area contributed by atoms with Gasteiger partial charge in [0.1, 0.15) is 0 Å². The largest absolute Gasteiger partial charge is 0.455 e. The van der Waals surface area contributed by atoms with Crippen LogP contribution in [0.25, 0.3) is 0 Å². The fourth-order valence-corrected chi connectivity index (χ4v) is 2.87. The summed E-state index contributed by atoms with van der Waals surface area (Å²) < 4.78 is 6.01. The maximum absolute atomic E-state index is 11.5. The highest BCUT2D eigenvalue weighted by Crippen LogP contribution is 2.38. The molecule has 1 aromatic carbocycles. The summed E-state index contributed by atoms with van der Waals surface area (Å²) in [5.41, 5.74) is 0. The first kappa shape index (κ1) is 16.4. The van der Waals surface area contributed by atoms with Crippen LogP contribution in [-0.2, 0) is 14.3 Å². The van der Waals surface area contributed by atoms with Crippen molar-refractivity contribution >= 4 is 39.6 Å². The van der Waals surface area contributed by atoms with E-state index in [0.29, 0.717) is 12.5 Å². The molecule has 114 valence electrons. The minimum absolute atomic E-state index is 0.00533. The molecular formula is C15H18BrNO3S. The van der Waals surface area contributed by atoms with Gasteiger partial charge in [-0.05, 0) is 36.6 Å². The summed E-state index contributed by atoms with van der Waals surface area (Å²) in [6.45, 7) is 2.38. The predicted octanol–water partition coefficient (Wildman–Crippen LogP) is 2.86. The summed E-state index contributed by atoms with van der Waals surface area (Å²) in [5, 5.41) is 2.74. The standard InChI is InChI=1S/C15H18BrNO3S/c1-10-8-13(10)15(19)20-9-14(18)17-6-7-21-12-4-2-11(16)3-5-12/h2-5,10,13H,6-9H2,1H3,(H,17,18)/t10-,13-/m1/s1. The van der Waals surface area contributed by atoms with Crippen molar-refractivity contribution in [2.24, 2.45) is 11.8 Å². The molecule has 6 heteroatoms. The first-order valence-corrected chi connectivity index (χ1v) is 8.66. The Morgan fingerprint density at radius 3 is 2.67 bits per heavy atom. The van der Waals surface area contributed by atoms with Crippen LogP contribution in [0.3, 0.4) is 0 Å². The van der Waals surface area contributed by atoms with Gasteiger partial charge in [0.15, 0.2) is 6.61 Å². The number of carbonyl (C=O) groups excluding carboxylic acids is 2. The Balaban J connectivity index is 1.54. The molecule has 0 bridgehead atoms. The molecule has 2 atom stereocenters. The fraction of sp³-hybridized carbons (Fsp3) is 0.467. The second-order valence-corrected chi connectivity index (χ2v) is 7.16. The number of thioether (sulfide) groups is 1. The van der Waals surface area contributed by atoms with Crippen molar-refractivity contribution < 1.29 is 14.3 Å². The molecule has 2 rings (SSSR count). The predicted molar refractivity (Wildman–Crippen MR) is 86.1 cm³/mol. The van der Waals surface area contributed by atoms with Gasteiger partial charge in [0.05, 0.1) is 5.92 Å². The molecule has 4 nitrogen and oxygen atoms in total. The molecule has 0 aliphatic heterocycles. The molecule has 1 aliphatic carbocycles. The topological polar surface area (TPSA) is 55.4 Å². The Kier molecular flexibility index (Phi) is 6.11. The number of hydrogen-bond acceptors (Lipinski definition) is 4. The number of hydrogen-bond donors (Lipinski definition) is 1. The fourth-order valence-electron chi connectivity index (χ4n) is 1.84. The van der Waals surface area contributed by atoms with Gasteiger partial charge in [-0.15, -0.1) is 11.8 Å². The molecule has 0 heterocycles. The molecule has 1 fully saturated rings. The highest BCUT2D eigenvalue weighted by atomic mass is 79.9. The second-order valence-electron chi connectivity index (χ2n) is 5.08. The van der Waals surface area contributed by atoms with Crippen LogP contribution in [-0.4, -0.2) is 30.8 Å². The summed E-state index contributed by atoms with van der Waals surface area (Å²) in [6, 6.07) is 8.02. The van der Waals surface area contributed by atoms with Gasteiger partial charge in [0.25, 0.3) is 5.91 Å². The number of carbonyl (C=O) groups is 2. The van der Waals surface area contributed by atoms with Gasteiger partial charge in [-0.25, -0.2) is 0 Å². The molecule has 1 N–H and O–H groups in total. The van der Waals surface area contributed by atoms with E-state index in [9.17, 15) is 9.59 Å². The Morgan fingerprint density at radius 1 is 1.38 bits per heavy atom. The number of rotatable bonds is 7. The van der Waals surface area contributed by atoms with Crippen LogP contribution in [0.1, 0.15) is 13.3 Å². The van der Waals surface area contributed by atoms with E-state index in [1.54, 1.807) is 11.8 Å². The molecule has 0 saturated heterocycles. The maximum atomic E-state index is 11.5. The van der Waals surface area contributed by atoms with E-state index in [1.807, 2.05) is 31.2 Å². The first-order chi connectivity index (χ1) is 10.1. The van der Waals surface area contributed by atoms with Gasteiger partial charge in [-0.3, -0.25) is 9.59 Å². The minimum Gasteiger partial charge on any atom is -0.455 e. The van der Waals surface area contributed by atoms with E-state index >= 15 is 0 Å². The van der Waals surface area contributed by atoms with Crippen LogP contribution in [0.15, 0.2) is 33.6 Å². The van der Waals surface area contributed by atoms with Gasteiger partial charge in [0, 0.05) is 21.7 Å². The van der Waals surface area contributed by atoms with E-state index in [1.165, 1.54) is 0 Å². The third-order valence-corrected chi connectivity index (χ3v) is 4.81. The smallest absolute Gasteiger partial charge is 0.309 e. The van der Waals surface area contributed by atoms with E-state index in [0.717, 1.165) is 21.5 Å². The molecule has 0 unspecified atom stereocenters. The lowest BCUT2D eigenvalue weighted by Crippen LogP contribution is -2.30. The maximum Gasteiger partial charge on any atom is 0.309 e. The van der Waals surface area contributed by atoms with Crippen LogP contribution in [0.2, 0.25) is 0 Å². The van der Waals surface area contributed by atoms with Crippen molar-refractivity contribution in [2.75, 3.05) is 18.9 Å². The van der Waals surface area contributed by atoms with Crippen molar-refractivity contribution in [3.05, 3.63) is 28.7 Å². The third-order valence-electron chi connectivity index (χ3n) is 3.26. The Bertz CT molecular complexity index is 506. The molecule has 0 radical (unpaired) electrons. The van der Waals surface area contributed by atoms with E-state index in [-0.39, 0.29) is 24.4 Å². The van der Waals surface area contributed by atoms with E-state index in [4.69, 9.17) is 4.74 Å². The molecular weight excluding hydrogens is 354 g/mol. The Morgan fingerprint density at radius 2 is 2.05 bits per heavy atom. The van der Waals surface area contributed by atoms with Gasteiger partial charge < -0.3 is 10.1 Å².